The number of rotatable bonds is 5. The van der Waals surface area contributed by atoms with Crippen LogP contribution >= 0.6 is 11.6 Å². The summed E-state index contributed by atoms with van der Waals surface area (Å²) in [5, 5.41) is 9.75. The van der Waals surface area contributed by atoms with E-state index < -0.39 is 17.2 Å². The Morgan fingerprint density at radius 2 is 2.10 bits per heavy atom. The monoisotopic (exact) mass is 312 g/mol. The second-order valence-electron chi connectivity index (χ2n) is 6.21. The van der Waals surface area contributed by atoms with E-state index in [-0.39, 0.29) is 5.02 Å². The van der Waals surface area contributed by atoms with Crippen molar-refractivity contribution in [1.82, 2.24) is 0 Å². The molecule has 1 aliphatic rings. The molecule has 0 spiro atoms. The van der Waals surface area contributed by atoms with Crippen LogP contribution in [-0.2, 0) is 11.2 Å². The molecule has 2 rings (SSSR count). The number of carboxylic acid groups (broad SMARTS) is 1. The van der Waals surface area contributed by atoms with Gasteiger partial charge in [-0.3, -0.25) is 4.79 Å². The van der Waals surface area contributed by atoms with Crippen molar-refractivity contribution in [2.45, 2.75) is 51.9 Å². The summed E-state index contributed by atoms with van der Waals surface area (Å²) in [7, 11) is 0. The van der Waals surface area contributed by atoms with Crippen LogP contribution in [0.2, 0.25) is 5.02 Å². The molecule has 116 valence electrons. The maximum absolute atomic E-state index is 13.5. The SMILES string of the molecule is CCCC1CCC(Cc2cccc(F)c2Cl)(C(=O)O)CC1. The molecule has 1 aromatic rings. The fourth-order valence-corrected chi connectivity index (χ4v) is 3.64. The Balaban J connectivity index is 2.17. The van der Waals surface area contributed by atoms with Gasteiger partial charge in [-0.05, 0) is 49.7 Å². The molecule has 0 amide bonds. The molecule has 0 aliphatic heterocycles. The van der Waals surface area contributed by atoms with Crippen molar-refractivity contribution in [3.05, 3.63) is 34.6 Å². The molecule has 0 aromatic heterocycles. The molecule has 0 radical (unpaired) electrons. The van der Waals surface area contributed by atoms with Crippen molar-refractivity contribution in [1.29, 1.82) is 0 Å². The second-order valence-corrected chi connectivity index (χ2v) is 6.59. The molecule has 21 heavy (non-hydrogen) atoms. The zero-order chi connectivity index (χ0) is 15.5. The Morgan fingerprint density at radius 1 is 1.43 bits per heavy atom. The maximum Gasteiger partial charge on any atom is 0.309 e. The molecular weight excluding hydrogens is 291 g/mol. The van der Waals surface area contributed by atoms with Crippen LogP contribution in [0.4, 0.5) is 4.39 Å². The van der Waals surface area contributed by atoms with Crippen molar-refractivity contribution in [2.24, 2.45) is 11.3 Å². The van der Waals surface area contributed by atoms with E-state index in [1.165, 1.54) is 6.07 Å². The van der Waals surface area contributed by atoms with Gasteiger partial charge in [-0.2, -0.15) is 0 Å². The van der Waals surface area contributed by atoms with Crippen molar-refractivity contribution in [3.63, 3.8) is 0 Å². The summed E-state index contributed by atoms with van der Waals surface area (Å²) in [5.74, 6) is -0.627. The van der Waals surface area contributed by atoms with Crippen LogP contribution in [0.25, 0.3) is 0 Å². The average molecular weight is 313 g/mol. The molecule has 1 fully saturated rings. The van der Waals surface area contributed by atoms with Crippen LogP contribution < -0.4 is 0 Å². The molecule has 1 aromatic carbocycles. The van der Waals surface area contributed by atoms with Crippen LogP contribution in [0.15, 0.2) is 18.2 Å². The van der Waals surface area contributed by atoms with Gasteiger partial charge in [-0.15, -0.1) is 0 Å². The summed E-state index contributed by atoms with van der Waals surface area (Å²) in [6, 6.07) is 4.63. The zero-order valence-corrected chi connectivity index (χ0v) is 13.1. The van der Waals surface area contributed by atoms with Gasteiger partial charge in [-0.1, -0.05) is 43.5 Å². The molecule has 4 heteroatoms. The topological polar surface area (TPSA) is 37.3 Å². The standard InChI is InChI=1S/C17H22ClFO2/c1-2-4-12-7-9-17(10-8-12,16(20)21)11-13-5-3-6-14(19)15(13)18/h3,5-6,12H,2,4,7-11H2,1H3,(H,20,21). The zero-order valence-electron chi connectivity index (χ0n) is 12.4. The predicted octanol–water partition coefficient (Wildman–Crippen LogP) is 5.08. The minimum absolute atomic E-state index is 0.0637. The molecule has 0 unspecified atom stereocenters. The maximum atomic E-state index is 13.5. The average Bonchev–Trinajstić information content (AvgIpc) is 2.46. The molecule has 1 aliphatic carbocycles. The summed E-state index contributed by atoms with van der Waals surface area (Å²) in [5.41, 5.74) is -0.185. The molecule has 1 N–H and O–H groups in total. The molecule has 0 bridgehead atoms. The molecule has 1 saturated carbocycles. The van der Waals surface area contributed by atoms with Crippen molar-refractivity contribution in [2.75, 3.05) is 0 Å². The summed E-state index contributed by atoms with van der Waals surface area (Å²) in [6.07, 6.45) is 5.80. The largest absolute Gasteiger partial charge is 0.481 e. The van der Waals surface area contributed by atoms with Gasteiger partial charge in [0.1, 0.15) is 5.82 Å². The Labute approximate surface area is 130 Å². The number of hydrogen-bond acceptors (Lipinski definition) is 1. The fourth-order valence-electron chi connectivity index (χ4n) is 3.44. The highest BCUT2D eigenvalue weighted by Gasteiger charge is 2.42. The van der Waals surface area contributed by atoms with Crippen molar-refractivity contribution in [3.8, 4) is 0 Å². The predicted molar refractivity (Wildman–Crippen MR) is 82.0 cm³/mol. The number of benzene rings is 1. The third-order valence-electron chi connectivity index (χ3n) is 4.77. The van der Waals surface area contributed by atoms with Gasteiger partial charge in [0.05, 0.1) is 10.4 Å². The van der Waals surface area contributed by atoms with Crippen molar-refractivity contribution >= 4 is 17.6 Å². The number of hydrogen-bond donors (Lipinski definition) is 1. The van der Waals surface area contributed by atoms with Gasteiger partial charge in [0.2, 0.25) is 0 Å². The first-order chi connectivity index (χ1) is 9.98. The van der Waals surface area contributed by atoms with Crippen LogP contribution in [0, 0.1) is 17.2 Å². The van der Waals surface area contributed by atoms with E-state index in [0.717, 1.165) is 25.7 Å². The lowest BCUT2D eigenvalue weighted by molar-refractivity contribution is -0.151. The highest BCUT2D eigenvalue weighted by molar-refractivity contribution is 6.31. The van der Waals surface area contributed by atoms with E-state index in [1.807, 2.05) is 0 Å². The van der Waals surface area contributed by atoms with Crippen LogP contribution in [0.1, 0.15) is 51.0 Å². The van der Waals surface area contributed by atoms with Gasteiger partial charge >= 0.3 is 5.97 Å². The molecule has 0 atom stereocenters. The summed E-state index contributed by atoms with van der Waals surface area (Å²) in [6.45, 7) is 2.16. The van der Waals surface area contributed by atoms with Gasteiger partial charge in [0.25, 0.3) is 0 Å². The fraction of sp³-hybridized carbons (Fsp3) is 0.588. The lowest BCUT2D eigenvalue weighted by Crippen LogP contribution is -2.37. The van der Waals surface area contributed by atoms with Gasteiger partial charge in [0, 0.05) is 0 Å². The first kappa shape index (κ1) is 16.3. The Morgan fingerprint density at radius 3 is 2.67 bits per heavy atom. The van der Waals surface area contributed by atoms with Gasteiger partial charge < -0.3 is 5.11 Å². The third kappa shape index (κ3) is 3.57. The first-order valence-corrected chi connectivity index (χ1v) is 8.02. The smallest absolute Gasteiger partial charge is 0.309 e. The number of halogens is 2. The third-order valence-corrected chi connectivity index (χ3v) is 5.20. The van der Waals surface area contributed by atoms with Crippen molar-refractivity contribution < 1.29 is 14.3 Å². The Hall–Kier alpha value is -1.09. The normalized spacial score (nSPS) is 25.8. The van der Waals surface area contributed by atoms with Crippen LogP contribution in [0.3, 0.4) is 0 Å². The Kier molecular flexibility index (Phi) is 5.26. The van der Waals surface area contributed by atoms with Crippen LogP contribution in [0.5, 0.6) is 0 Å². The van der Waals surface area contributed by atoms with E-state index in [9.17, 15) is 14.3 Å². The number of carbonyl (C=O) groups is 1. The van der Waals surface area contributed by atoms with Gasteiger partial charge in [0.15, 0.2) is 0 Å². The lowest BCUT2D eigenvalue weighted by atomic mass is 9.67. The highest BCUT2D eigenvalue weighted by atomic mass is 35.5. The van der Waals surface area contributed by atoms with E-state index in [4.69, 9.17) is 11.6 Å². The molecule has 0 saturated heterocycles. The van der Waals surface area contributed by atoms with E-state index in [1.54, 1.807) is 12.1 Å². The lowest BCUT2D eigenvalue weighted by Gasteiger charge is -2.37. The Bertz CT molecular complexity index is 508. The summed E-state index contributed by atoms with van der Waals surface area (Å²) >= 11 is 5.99. The minimum atomic E-state index is -0.790. The number of carboxylic acids is 1. The molecule has 0 heterocycles. The quantitative estimate of drug-likeness (QED) is 0.823. The minimum Gasteiger partial charge on any atom is -0.481 e. The van der Waals surface area contributed by atoms with E-state index >= 15 is 0 Å². The van der Waals surface area contributed by atoms with E-state index in [0.29, 0.717) is 30.7 Å². The van der Waals surface area contributed by atoms with E-state index in [2.05, 4.69) is 6.92 Å². The van der Waals surface area contributed by atoms with Gasteiger partial charge in [-0.25, -0.2) is 4.39 Å². The molecule has 2 nitrogen and oxygen atoms in total. The molecular formula is C17H22ClFO2. The summed E-state index contributed by atoms with van der Waals surface area (Å²) in [4.78, 5) is 11.8. The van der Waals surface area contributed by atoms with Crippen LogP contribution in [-0.4, -0.2) is 11.1 Å². The number of aliphatic carboxylic acids is 1. The summed E-state index contributed by atoms with van der Waals surface area (Å²) < 4.78 is 13.5. The second kappa shape index (κ2) is 6.78. The highest BCUT2D eigenvalue weighted by Crippen LogP contribution is 2.44. The first-order valence-electron chi connectivity index (χ1n) is 7.65.